The van der Waals surface area contributed by atoms with Gasteiger partial charge in [-0.25, -0.2) is 0 Å². The van der Waals surface area contributed by atoms with Crippen LogP contribution in [0.5, 0.6) is 0 Å². The summed E-state index contributed by atoms with van der Waals surface area (Å²) >= 11 is 0. The molecule has 1 aliphatic rings. The Balaban J connectivity index is 2.32. The first kappa shape index (κ1) is 13.0. The van der Waals surface area contributed by atoms with E-state index in [2.05, 4.69) is 31.0 Å². The molecule has 1 aliphatic heterocycles. The van der Waals surface area contributed by atoms with Crippen molar-refractivity contribution in [1.29, 1.82) is 0 Å². The summed E-state index contributed by atoms with van der Waals surface area (Å²) in [5.74, 6) is 0. The molecule has 1 unspecified atom stereocenters. The minimum atomic E-state index is 0.749. The van der Waals surface area contributed by atoms with Crippen LogP contribution in [0.1, 0.15) is 52.9 Å². The van der Waals surface area contributed by atoms with Crippen LogP contribution in [-0.2, 0) is 0 Å². The van der Waals surface area contributed by atoms with Gasteiger partial charge < -0.3 is 5.32 Å². The van der Waals surface area contributed by atoms with Gasteiger partial charge in [0.1, 0.15) is 0 Å². The zero-order chi connectivity index (χ0) is 11.1. The molecule has 2 atom stereocenters. The van der Waals surface area contributed by atoms with Gasteiger partial charge in [0.05, 0.1) is 0 Å². The van der Waals surface area contributed by atoms with E-state index in [-0.39, 0.29) is 0 Å². The Morgan fingerprint density at radius 3 is 2.73 bits per heavy atom. The predicted octanol–water partition coefficient (Wildman–Crippen LogP) is 2.64. The fourth-order valence-corrected chi connectivity index (χ4v) is 2.31. The summed E-state index contributed by atoms with van der Waals surface area (Å²) in [5.41, 5.74) is 0. The topological polar surface area (TPSA) is 15.3 Å². The van der Waals surface area contributed by atoms with Crippen LogP contribution in [0.2, 0.25) is 0 Å². The highest BCUT2D eigenvalue weighted by molar-refractivity contribution is 4.79. The summed E-state index contributed by atoms with van der Waals surface area (Å²) < 4.78 is 0. The number of nitrogens with one attached hydrogen (secondary N) is 1. The van der Waals surface area contributed by atoms with E-state index in [4.69, 9.17) is 0 Å². The maximum atomic E-state index is 3.60. The van der Waals surface area contributed by atoms with Gasteiger partial charge in [0.25, 0.3) is 0 Å². The second-order valence-electron chi connectivity index (χ2n) is 4.90. The molecular formula is C13H28N2. The molecule has 0 aromatic carbocycles. The second-order valence-corrected chi connectivity index (χ2v) is 4.90. The molecule has 1 N–H and O–H groups in total. The number of rotatable bonds is 7. The van der Waals surface area contributed by atoms with Crippen molar-refractivity contribution in [2.24, 2.45) is 0 Å². The molecular weight excluding hydrogens is 184 g/mol. The van der Waals surface area contributed by atoms with Gasteiger partial charge in [-0.3, -0.25) is 4.90 Å². The monoisotopic (exact) mass is 212 g/mol. The Morgan fingerprint density at radius 1 is 1.40 bits per heavy atom. The molecule has 0 aromatic rings. The van der Waals surface area contributed by atoms with Crippen molar-refractivity contribution in [3.63, 3.8) is 0 Å². The molecule has 1 heterocycles. The van der Waals surface area contributed by atoms with E-state index in [1.807, 2.05) is 0 Å². The molecule has 0 amide bonds. The molecule has 1 rings (SSSR count). The van der Waals surface area contributed by atoms with Crippen LogP contribution in [0.3, 0.4) is 0 Å². The standard InChI is InChI=1S/C13H28N2/c1-4-6-10-15(12(3)5-2)11-13-8-7-9-14-13/h12-14H,4-11H2,1-3H3/t12?,13-/m1/s1. The summed E-state index contributed by atoms with van der Waals surface area (Å²) in [7, 11) is 0. The van der Waals surface area contributed by atoms with E-state index in [1.165, 1.54) is 51.7 Å². The zero-order valence-corrected chi connectivity index (χ0v) is 10.8. The molecule has 0 spiro atoms. The minimum Gasteiger partial charge on any atom is -0.313 e. The number of hydrogen-bond donors (Lipinski definition) is 1. The van der Waals surface area contributed by atoms with E-state index in [1.54, 1.807) is 0 Å². The lowest BCUT2D eigenvalue weighted by Crippen LogP contribution is -2.42. The second kappa shape index (κ2) is 7.24. The predicted molar refractivity (Wildman–Crippen MR) is 67.3 cm³/mol. The largest absolute Gasteiger partial charge is 0.313 e. The molecule has 90 valence electrons. The third-order valence-corrected chi connectivity index (χ3v) is 3.63. The van der Waals surface area contributed by atoms with Crippen molar-refractivity contribution in [3.05, 3.63) is 0 Å². The maximum absolute atomic E-state index is 3.60. The minimum absolute atomic E-state index is 0.749. The molecule has 2 heteroatoms. The average molecular weight is 212 g/mol. The number of nitrogens with zero attached hydrogens (tertiary/aromatic N) is 1. The van der Waals surface area contributed by atoms with E-state index >= 15 is 0 Å². The van der Waals surface area contributed by atoms with Gasteiger partial charge in [0, 0.05) is 18.6 Å². The molecule has 0 aromatic heterocycles. The van der Waals surface area contributed by atoms with Gasteiger partial charge in [-0.15, -0.1) is 0 Å². The van der Waals surface area contributed by atoms with Crippen molar-refractivity contribution < 1.29 is 0 Å². The fraction of sp³-hybridized carbons (Fsp3) is 1.00. The van der Waals surface area contributed by atoms with Crippen LogP contribution in [0.15, 0.2) is 0 Å². The lowest BCUT2D eigenvalue weighted by atomic mass is 10.1. The Kier molecular flexibility index (Phi) is 6.26. The van der Waals surface area contributed by atoms with Crippen molar-refractivity contribution in [2.75, 3.05) is 19.6 Å². The highest BCUT2D eigenvalue weighted by Crippen LogP contribution is 2.11. The van der Waals surface area contributed by atoms with E-state index in [9.17, 15) is 0 Å². The summed E-state index contributed by atoms with van der Waals surface area (Å²) in [4.78, 5) is 2.67. The molecule has 0 aliphatic carbocycles. The zero-order valence-electron chi connectivity index (χ0n) is 10.8. The Bertz CT molecular complexity index is 153. The van der Waals surface area contributed by atoms with E-state index in [0.717, 1.165) is 12.1 Å². The summed E-state index contributed by atoms with van der Waals surface area (Å²) in [6.07, 6.45) is 6.67. The Labute approximate surface area is 95.4 Å². The quantitative estimate of drug-likeness (QED) is 0.698. The van der Waals surface area contributed by atoms with Gasteiger partial charge >= 0.3 is 0 Å². The normalized spacial score (nSPS) is 23.6. The van der Waals surface area contributed by atoms with E-state index in [0.29, 0.717) is 0 Å². The van der Waals surface area contributed by atoms with Gasteiger partial charge in [0.15, 0.2) is 0 Å². The Hall–Kier alpha value is -0.0800. The average Bonchev–Trinajstić information content (AvgIpc) is 2.75. The maximum Gasteiger partial charge on any atom is 0.0195 e. The first-order valence-corrected chi connectivity index (χ1v) is 6.75. The highest BCUT2D eigenvalue weighted by Gasteiger charge is 2.19. The van der Waals surface area contributed by atoms with Gasteiger partial charge in [-0.2, -0.15) is 0 Å². The summed E-state index contributed by atoms with van der Waals surface area (Å²) in [6.45, 7) is 10.7. The molecule has 15 heavy (non-hydrogen) atoms. The lowest BCUT2D eigenvalue weighted by Gasteiger charge is -2.30. The third-order valence-electron chi connectivity index (χ3n) is 3.63. The van der Waals surface area contributed by atoms with Crippen LogP contribution in [-0.4, -0.2) is 36.6 Å². The molecule has 2 nitrogen and oxygen atoms in total. The van der Waals surface area contributed by atoms with Crippen LogP contribution < -0.4 is 5.32 Å². The fourth-order valence-electron chi connectivity index (χ4n) is 2.31. The van der Waals surface area contributed by atoms with Crippen LogP contribution >= 0.6 is 0 Å². The van der Waals surface area contributed by atoms with Crippen molar-refractivity contribution in [1.82, 2.24) is 10.2 Å². The van der Waals surface area contributed by atoms with Gasteiger partial charge in [-0.05, 0) is 45.7 Å². The first-order chi connectivity index (χ1) is 7.27. The van der Waals surface area contributed by atoms with Gasteiger partial charge in [-0.1, -0.05) is 20.3 Å². The molecule has 0 radical (unpaired) electrons. The van der Waals surface area contributed by atoms with Crippen molar-refractivity contribution >= 4 is 0 Å². The van der Waals surface area contributed by atoms with Crippen molar-refractivity contribution in [2.45, 2.75) is 65.0 Å². The Morgan fingerprint density at radius 2 is 2.20 bits per heavy atom. The van der Waals surface area contributed by atoms with Gasteiger partial charge in [0.2, 0.25) is 0 Å². The molecule has 1 saturated heterocycles. The molecule has 0 bridgehead atoms. The molecule has 0 saturated carbocycles. The van der Waals surface area contributed by atoms with Crippen molar-refractivity contribution in [3.8, 4) is 0 Å². The lowest BCUT2D eigenvalue weighted by molar-refractivity contribution is 0.184. The highest BCUT2D eigenvalue weighted by atomic mass is 15.2. The number of unbranched alkanes of at least 4 members (excludes halogenated alkanes) is 1. The third kappa shape index (κ3) is 4.52. The van der Waals surface area contributed by atoms with Crippen LogP contribution in [0, 0.1) is 0 Å². The van der Waals surface area contributed by atoms with E-state index < -0.39 is 0 Å². The van der Waals surface area contributed by atoms with Crippen LogP contribution in [0.4, 0.5) is 0 Å². The first-order valence-electron chi connectivity index (χ1n) is 6.75. The number of hydrogen-bond acceptors (Lipinski definition) is 2. The summed E-state index contributed by atoms with van der Waals surface area (Å²) in [5, 5.41) is 3.60. The molecule has 1 fully saturated rings. The van der Waals surface area contributed by atoms with Crippen LogP contribution in [0.25, 0.3) is 0 Å². The SMILES string of the molecule is CCCCN(C[C@H]1CCCN1)C(C)CC. The smallest absolute Gasteiger partial charge is 0.0195 e. The summed E-state index contributed by atoms with van der Waals surface area (Å²) in [6, 6.07) is 1.51.